The molecule has 0 spiro atoms. The zero-order chi connectivity index (χ0) is 11.5. The van der Waals surface area contributed by atoms with E-state index < -0.39 is 0 Å². The second-order valence-corrected chi connectivity index (χ2v) is 4.22. The number of aromatic nitrogens is 2. The predicted octanol–water partition coefficient (Wildman–Crippen LogP) is 1.99. The van der Waals surface area contributed by atoms with E-state index in [0.717, 1.165) is 17.7 Å². The number of anilines is 1. The molecule has 0 unspecified atom stereocenters. The van der Waals surface area contributed by atoms with Crippen molar-refractivity contribution in [2.75, 3.05) is 11.9 Å². The maximum Gasteiger partial charge on any atom is 0.272 e. The molecule has 0 aliphatic rings. The summed E-state index contributed by atoms with van der Waals surface area (Å²) in [5.74, 6) is 1.27. The number of H-pyrrole nitrogens is 1. The summed E-state index contributed by atoms with van der Waals surface area (Å²) in [7, 11) is 0. The number of fused-ring (bicyclic) bond motifs is 1. The summed E-state index contributed by atoms with van der Waals surface area (Å²) < 4.78 is 0. The Balaban J connectivity index is 2.46. The lowest BCUT2D eigenvalue weighted by molar-refractivity contribution is 0.686. The summed E-state index contributed by atoms with van der Waals surface area (Å²) in [5, 5.41) is 11.3. The molecule has 2 aromatic rings. The lowest BCUT2D eigenvalue weighted by Crippen LogP contribution is -2.14. The molecule has 0 aliphatic carbocycles. The number of rotatable bonds is 3. The van der Waals surface area contributed by atoms with Gasteiger partial charge in [0.15, 0.2) is 5.82 Å². The van der Waals surface area contributed by atoms with Gasteiger partial charge in [0, 0.05) is 11.9 Å². The molecule has 16 heavy (non-hydrogen) atoms. The van der Waals surface area contributed by atoms with Gasteiger partial charge in [-0.15, -0.1) is 0 Å². The number of hydrogen-bond donors (Lipinski definition) is 2. The van der Waals surface area contributed by atoms with Crippen molar-refractivity contribution >= 4 is 16.6 Å². The predicted molar refractivity (Wildman–Crippen MR) is 65.7 cm³/mol. The van der Waals surface area contributed by atoms with E-state index in [4.69, 9.17) is 0 Å². The summed E-state index contributed by atoms with van der Waals surface area (Å²) in [5.41, 5.74) is -0.148. The smallest absolute Gasteiger partial charge is 0.272 e. The van der Waals surface area contributed by atoms with E-state index in [2.05, 4.69) is 29.4 Å². The van der Waals surface area contributed by atoms with Crippen LogP contribution in [-0.4, -0.2) is 16.7 Å². The Morgan fingerprint density at radius 3 is 2.69 bits per heavy atom. The minimum atomic E-state index is -0.148. The lowest BCUT2D eigenvalue weighted by Gasteiger charge is -2.09. The van der Waals surface area contributed by atoms with Gasteiger partial charge in [-0.25, -0.2) is 5.10 Å². The molecule has 1 aromatic carbocycles. The van der Waals surface area contributed by atoms with Gasteiger partial charge in [0.05, 0.1) is 5.39 Å². The van der Waals surface area contributed by atoms with Crippen molar-refractivity contribution in [3.63, 3.8) is 0 Å². The number of aromatic amines is 1. The Hall–Kier alpha value is -1.84. The molecule has 4 nitrogen and oxygen atoms in total. The van der Waals surface area contributed by atoms with Crippen molar-refractivity contribution in [1.29, 1.82) is 0 Å². The van der Waals surface area contributed by atoms with Crippen LogP contribution in [0.2, 0.25) is 0 Å². The van der Waals surface area contributed by atoms with Crippen LogP contribution in [0.15, 0.2) is 29.1 Å². The molecule has 1 aromatic heterocycles. The third-order valence-corrected chi connectivity index (χ3v) is 2.37. The van der Waals surface area contributed by atoms with E-state index in [1.165, 1.54) is 0 Å². The first kappa shape index (κ1) is 10.7. The molecule has 0 atom stereocenters. The number of nitrogens with zero attached hydrogens (tertiary/aromatic N) is 1. The maximum absolute atomic E-state index is 11.5. The maximum atomic E-state index is 11.5. The second kappa shape index (κ2) is 4.35. The summed E-state index contributed by atoms with van der Waals surface area (Å²) in [4.78, 5) is 11.5. The minimum Gasteiger partial charge on any atom is -0.368 e. The van der Waals surface area contributed by atoms with Crippen molar-refractivity contribution in [3.05, 3.63) is 34.6 Å². The number of benzene rings is 1. The number of nitrogens with one attached hydrogen (secondary N) is 2. The van der Waals surface area contributed by atoms with Gasteiger partial charge in [0.1, 0.15) is 0 Å². The van der Waals surface area contributed by atoms with Gasteiger partial charge in [0.25, 0.3) is 5.56 Å². The molecule has 84 valence electrons. The first-order chi connectivity index (χ1) is 7.68. The highest BCUT2D eigenvalue weighted by Crippen LogP contribution is 2.16. The molecule has 0 saturated carbocycles. The normalized spacial score (nSPS) is 10.9. The van der Waals surface area contributed by atoms with Crippen LogP contribution in [0, 0.1) is 5.92 Å². The first-order valence-electron chi connectivity index (χ1n) is 5.40. The fourth-order valence-corrected chi connectivity index (χ4v) is 1.55. The molecule has 0 aliphatic heterocycles. The fraction of sp³-hybridized carbons (Fsp3) is 0.333. The van der Waals surface area contributed by atoms with Crippen LogP contribution in [0.5, 0.6) is 0 Å². The fourth-order valence-electron chi connectivity index (χ4n) is 1.55. The third-order valence-electron chi connectivity index (χ3n) is 2.37. The Bertz CT molecular complexity index is 545. The molecule has 2 rings (SSSR count). The molecular weight excluding hydrogens is 202 g/mol. The van der Waals surface area contributed by atoms with Crippen molar-refractivity contribution in [3.8, 4) is 0 Å². The second-order valence-electron chi connectivity index (χ2n) is 4.22. The SMILES string of the molecule is CC(C)CNc1n[nH]c(=O)c2ccccc12. The molecular formula is C12H15N3O. The standard InChI is InChI=1S/C12H15N3O/c1-8(2)7-13-11-9-5-3-4-6-10(9)12(16)15-14-11/h3-6,8H,7H2,1-2H3,(H,13,14)(H,15,16). The van der Waals surface area contributed by atoms with Crippen molar-refractivity contribution in [2.24, 2.45) is 5.92 Å². The molecule has 4 heteroatoms. The molecule has 2 N–H and O–H groups in total. The van der Waals surface area contributed by atoms with Crippen molar-refractivity contribution in [2.45, 2.75) is 13.8 Å². The van der Waals surface area contributed by atoms with Gasteiger partial charge in [-0.3, -0.25) is 4.79 Å². The van der Waals surface area contributed by atoms with E-state index in [1.54, 1.807) is 6.07 Å². The highest BCUT2D eigenvalue weighted by Gasteiger charge is 2.05. The van der Waals surface area contributed by atoms with Crippen molar-refractivity contribution in [1.82, 2.24) is 10.2 Å². The Morgan fingerprint density at radius 2 is 2.00 bits per heavy atom. The highest BCUT2D eigenvalue weighted by atomic mass is 16.1. The van der Waals surface area contributed by atoms with E-state index in [1.807, 2.05) is 18.2 Å². The van der Waals surface area contributed by atoms with Gasteiger partial charge in [-0.2, -0.15) is 5.10 Å². The van der Waals surface area contributed by atoms with Crippen LogP contribution in [0.4, 0.5) is 5.82 Å². The molecule has 0 amide bonds. The van der Waals surface area contributed by atoms with Gasteiger partial charge < -0.3 is 5.32 Å². The Labute approximate surface area is 93.7 Å². The van der Waals surface area contributed by atoms with E-state index in [9.17, 15) is 4.79 Å². The minimum absolute atomic E-state index is 0.148. The average Bonchev–Trinajstić information content (AvgIpc) is 2.28. The van der Waals surface area contributed by atoms with E-state index in [-0.39, 0.29) is 5.56 Å². The Kier molecular flexibility index (Phi) is 2.90. The number of hydrogen-bond acceptors (Lipinski definition) is 3. The van der Waals surface area contributed by atoms with Gasteiger partial charge >= 0.3 is 0 Å². The summed E-state index contributed by atoms with van der Waals surface area (Å²) in [6.07, 6.45) is 0. The monoisotopic (exact) mass is 217 g/mol. The van der Waals surface area contributed by atoms with Crippen LogP contribution in [0.25, 0.3) is 10.8 Å². The van der Waals surface area contributed by atoms with Gasteiger partial charge in [-0.05, 0) is 12.0 Å². The van der Waals surface area contributed by atoms with E-state index >= 15 is 0 Å². The van der Waals surface area contributed by atoms with E-state index in [0.29, 0.717) is 11.3 Å². The highest BCUT2D eigenvalue weighted by molar-refractivity contribution is 5.90. The zero-order valence-corrected chi connectivity index (χ0v) is 9.45. The summed E-state index contributed by atoms with van der Waals surface area (Å²) in [6, 6.07) is 7.46. The molecule has 1 heterocycles. The quantitative estimate of drug-likeness (QED) is 0.826. The zero-order valence-electron chi connectivity index (χ0n) is 9.45. The van der Waals surface area contributed by atoms with Gasteiger partial charge in [0.2, 0.25) is 0 Å². The van der Waals surface area contributed by atoms with Crippen LogP contribution < -0.4 is 10.9 Å². The summed E-state index contributed by atoms with van der Waals surface area (Å²) in [6.45, 7) is 5.09. The van der Waals surface area contributed by atoms with Crippen molar-refractivity contribution < 1.29 is 0 Å². The summed E-state index contributed by atoms with van der Waals surface area (Å²) >= 11 is 0. The van der Waals surface area contributed by atoms with Crippen LogP contribution in [0.3, 0.4) is 0 Å². The molecule has 0 fully saturated rings. The van der Waals surface area contributed by atoms with Gasteiger partial charge in [-0.1, -0.05) is 32.0 Å². The lowest BCUT2D eigenvalue weighted by atomic mass is 10.2. The average molecular weight is 217 g/mol. The topological polar surface area (TPSA) is 57.8 Å². The molecule has 0 radical (unpaired) electrons. The first-order valence-corrected chi connectivity index (χ1v) is 5.40. The third kappa shape index (κ3) is 2.05. The Morgan fingerprint density at radius 1 is 1.31 bits per heavy atom. The molecule has 0 bridgehead atoms. The molecule has 0 saturated heterocycles. The largest absolute Gasteiger partial charge is 0.368 e. The van der Waals surface area contributed by atoms with Crippen LogP contribution in [-0.2, 0) is 0 Å². The van der Waals surface area contributed by atoms with Crippen LogP contribution >= 0.6 is 0 Å². The van der Waals surface area contributed by atoms with Crippen LogP contribution in [0.1, 0.15) is 13.8 Å².